The summed E-state index contributed by atoms with van der Waals surface area (Å²) in [6, 6.07) is 29.4. The van der Waals surface area contributed by atoms with Crippen LogP contribution in [0.25, 0.3) is 0 Å². The molecular formula is C48H49F3N8O11S4. The summed E-state index contributed by atoms with van der Waals surface area (Å²) >= 11 is 2.13. The fourth-order valence-corrected chi connectivity index (χ4v) is 13.8. The number of alkyl halides is 3. The van der Waals surface area contributed by atoms with Gasteiger partial charge in [0.05, 0.1) is 41.3 Å². The summed E-state index contributed by atoms with van der Waals surface area (Å²) in [6.07, 6.45) is -2.47. The molecule has 0 saturated carbocycles. The van der Waals surface area contributed by atoms with Crippen molar-refractivity contribution in [1.29, 1.82) is 0 Å². The fraction of sp³-hybridized carbons (Fsp3) is 0.292. The Kier molecular flexibility index (Phi) is 17.7. The van der Waals surface area contributed by atoms with Crippen molar-refractivity contribution in [1.82, 2.24) is 19.2 Å². The first-order valence-corrected chi connectivity index (χ1v) is 27.3. The second kappa shape index (κ2) is 23.9. The number of nitro groups is 2. The van der Waals surface area contributed by atoms with E-state index in [1.54, 1.807) is 25.3 Å². The number of amides is 2. The van der Waals surface area contributed by atoms with Gasteiger partial charge in [-0.3, -0.25) is 29.8 Å². The molecular weight excluding hydrogens is 1050 g/mol. The van der Waals surface area contributed by atoms with Gasteiger partial charge in [0.2, 0.25) is 0 Å². The molecule has 0 radical (unpaired) electrons. The third kappa shape index (κ3) is 13.8. The first-order chi connectivity index (χ1) is 35.2. The molecule has 0 unspecified atom stereocenters. The summed E-state index contributed by atoms with van der Waals surface area (Å²) in [4.78, 5) is 46.3. The number of nitrogens with one attached hydrogen (secondary N) is 4. The number of para-hydroxylation sites is 3. The standard InChI is InChI=1S/C24H23F3N4O5S2.C24H26N4O6S2/c25-24(26,27)20-3-1-2-4-21(20)29-17-11-13-30(14-12-17)38(35,36)22-10-9-19(37-22)15-28-23(32)16-5-7-18(8-6-16)31(33)34;1-34-22-5-3-2-4-21(22)26-18-12-14-27(15-13-18)36(32,33)23-11-10-20(35-23)16-25-24(29)17-6-8-19(9-7-17)28(30)31/h1-10,17,29H,11-15H2,(H,28,32);2-11,18,26H,12-16H2,1H3,(H,25,29). The van der Waals surface area contributed by atoms with E-state index in [4.69, 9.17) is 4.74 Å². The molecule has 2 aliphatic heterocycles. The van der Waals surface area contributed by atoms with E-state index < -0.39 is 53.4 Å². The molecule has 0 aliphatic carbocycles. The summed E-state index contributed by atoms with van der Waals surface area (Å²) in [5.41, 5.74) is 0.380. The highest BCUT2D eigenvalue weighted by Crippen LogP contribution is 2.36. The van der Waals surface area contributed by atoms with Crippen molar-refractivity contribution in [3.63, 3.8) is 0 Å². The van der Waals surface area contributed by atoms with Gasteiger partial charge in [-0.1, -0.05) is 24.3 Å². The number of piperidine rings is 2. The van der Waals surface area contributed by atoms with Crippen LogP contribution in [0.1, 0.15) is 61.7 Å². The number of nitrogens with zero attached hydrogens (tertiary/aromatic N) is 4. The van der Waals surface area contributed by atoms with Crippen LogP contribution in [-0.4, -0.2) is 92.5 Å². The summed E-state index contributed by atoms with van der Waals surface area (Å²) in [5, 5.41) is 33.2. The zero-order valence-corrected chi connectivity index (χ0v) is 42.6. The normalized spacial score (nSPS) is 15.0. The van der Waals surface area contributed by atoms with Crippen LogP contribution in [-0.2, 0) is 39.3 Å². The van der Waals surface area contributed by atoms with Gasteiger partial charge in [0, 0.05) is 89.1 Å². The highest BCUT2D eigenvalue weighted by molar-refractivity contribution is 7.91. The summed E-state index contributed by atoms with van der Waals surface area (Å²) in [7, 11) is -5.82. The number of benzene rings is 4. The number of nitro benzene ring substituents is 2. The minimum absolute atomic E-state index is 0.0278. The van der Waals surface area contributed by atoms with Gasteiger partial charge in [0.15, 0.2) is 0 Å². The first-order valence-electron chi connectivity index (χ1n) is 22.8. The molecule has 19 nitrogen and oxygen atoms in total. The molecule has 2 saturated heterocycles. The average molecular weight is 1100 g/mol. The maximum Gasteiger partial charge on any atom is 0.418 e. The number of hydrogen-bond donors (Lipinski definition) is 4. The molecule has 0 spiro atoms. The number of carbonyl (C=O) groups is 2. The molecule has 0 bridgehead atoms. The molecule has 4 aromatic carbocycles. The van der Waals surface area contributed by atoms with Crippen LogP contribution in [0.4, 0.5) is 35.9 Å². The predicted molar refractivity (Wildman–Crippen MR) is 272 cm³/mol. The SMILES string of the molecule is COc1ccccc1NC1CCN(S(=O)(=O)c2ccc(CNC(=O)c3ccc([N+](=O)[O-])cc3)s2)CC1.O=C(NCc1ccc(S(=O)(=O)N2CCC(Nc3ccccc3C(F)(F)F)CC2)s1)c1ccc([N+](=O)[O-])cc1. The largest absolute Gasteiger partial charge is 0.495 e. The van der Waals surface area contributed by atoms with Crippen LogP contribution in [0.3, 0.4) is 0 Å². The van der Waals surface area contributed by atoms with E-state index in [-0.39, 0.29) is 74.9 Å². The van der Waals surface area contributed by atoms with Gasteiger partial charge in [-0.05, 0) is 98.5 Å². The lowest BCUT2D eigenvalue weighted by molar-refractivity contribution is -0.385. The molecule has 0 atom stereocenters. The van der Waals surface area contributed by atoms with Crippen LogP contribution < -0.4 is 26.0 Å². The zero-order chi connectivity index (χ0) is 53.2. The Bertz CT molecular complexity index is 3180. The number of thiophene rings is 2. The number of hydrogen-bond acceptors (Lipinski definition) is 15. The maximum absolute atomic E-state index is 13.3. The Morgan fingerprint density at radius 3 is 1.41 bits per heavy atom. The molecule has 2 fully saturated rings. The van der Waals surface area contributed by atoms with Crippen LogP contribution in [0.2, 0.25) is 0 Å². The summed E-state index contributed by atoms with van der Waals surface area (Å²) < 4.78 is 101. The van der Waals surface area contributed by atoms with Crippen molar-refractivity contribution in [2.45, 2.75) is 65.5 Å². The second-order valence-corrected chi connectivity index (χ2v) is 23.5. The van der Waals surface area contributed by atoms with E-state index in [0.29, 0.717) is 48.5 Å². The Balaban J connectivity index is 0.000000217. The fourth-order valence-electron chi connectivity index (χ4n) is 7.99. The number of carbonyl (C=O) groups excluding carboxylic acids is 2. The quantitative estimate of drug-likeness (QED) is 0.0493. The number of ether oxygens (including phenoxy) is 1. The predicted octanol–water partition coefficient (Wildman–Crippen LogP) is 8.73. The smallest absolute Gasteiger partial charge is 0.418 e. The van der Waals surface area contributed by atoms with Crippen molar-refractivity contribution >= 4 is 77.3 Å². The van der Waals surface area contributed by atoms with Crippen molar-refractivity contribution in [2.24, 2.45) is 0 Å². The number of sulfonamides is 2. The minimum atomic E-state index is -4.49. The Morgan fingerprint density at radius 1 is 0.608 bits per heavy atom. The van der Waals surface area contributed by atoms with Gasteiger partial charge in [-0.25, -0.2) is 16.8 Å². The Morgan fingerprint density at radius 2 is 1.00 bits per heavy atom. The van der Waals surface area contributed by atoms with E-state index in [9.17, 15) is 59.8 Å². The van der Waals surface area contributed by atoms with Crippen molar-refractivity contribution in [3.05, 3.63) is 168 Å². The lowest BCUT2D eigenvalue weighted by Gasteiger charge is -2.32. The monoisotopic (exact) mass is 1100 g/mol. The molecule has 8 rings (SSSR count). The highest BCUT2D eigenvalue weighted by atomic mass is 32.3. The molecule has 26 heteroatoms. The van der Waals surface area contributed by atoms with Gasteiger partial charge < -0.3 is 26.0 Å². The van der Waals surface area contributed by atoms with Crippen molar-refractivity contribution < 1.29 is 54.2 Å². The third-order valence-corrected chi connectivity index (χ3v) is 18.9. The summed E-state index contributed by atoms with van der Waals surface area (Å²) in [6.45, 7) is 1.33. The average Bonchev–Trinajstić information content (AvgIpc) is 4.10. The third-order valence-electron chi connectivity index (χ3n) is 12.0. The van der Waals surface area contributed by atoms with E-state index >= 15 is 0 Å². The molecule has 2 aliphatic rings. The number of methoxy groups -OCH3 is 1. The molecule has 74 heavy (non-hydrogen) atoms. The van der Waals surface area contributed by atoms with E-state index in [0.717, 1.165) is 40.2 Å². The Hall–Kier alpha value is -6.97. The van der Waals surface area contributed by atoms with E-state index in [2.05, 4.69) is 21.3 Å². The minimum Gasteiger partial charge on any atom is -0.495 e. The maximum atomic E-state index is 13.3. The highest BCUT2D eigenvalue weighted by Gasteiger charge is 2.36. The van der Waals surface area contributed by atoms with Gasteiger partial charge in [0.1, 0.15) is 14.2 Å². The van der Waals surface area contributed by atoms with Crippen LogP contribution >= 0.6 is 22.7 Å². The molecule has 2 amide bonds. The van der Waals surface area contributed by atoms with Gasteiger partial charge in [0.25, 0.3) is 43.2 Å². The lowest BCUT2D eigenvalue weighted by Crippen LogP contribution is -2.42. The lowest BCUT2D eigenvalue weighted by atomic mass is 10.0. The van der Waals surface area contributed by atoms with E-state index in [1.165, 1.54) is 81.4 Å². The van der Waals surface area contributed by atoms with Crippen LogP contribution in [0, 0.1) is 20.2 Å². The number of halogens is 3. The van der Waals surface area contributed by atoms with E-state index in [1.807, 2.05) is 24.3 Å². The Labute approximate surface area is 431 Å². The van der Waals surface area contributed by atoms with Crippen LogP contribution in [0.15, 0.2) is 130 Å². The van der Waals surface area contributed by atoms with Crippen LogP contribution in [0.5, 0.6) is 5.75 Å². The molecule has 392 valence electrons. The number of anilines is 2. The molecule has 4 heterocycles. The van der Waals surface area contributed by atoms with Gasteiger partial charge >= 0.3 is 6.18 Å². The number of rotatable bonds is 17. The molecule has 2 aromatic heterocycles. The van der Waals surface area contributed by atoms with Crippen molar-refractivity contribution in [3.8, 4) is 5.75 Å². The topological polar surface area (TPSA) is 253 Å². The second-order valence-electron chi connectivity index (χ2n) is 16.8. The zero-order valence-electron chi connectivity index (χ0n) is 39.3. The molecule has 6 aromatic rings. The first kappa shape index (κ1) is 54.8. The van der Waals surface area contributed by atoms with Gasteiger partial charge in [-0.2, -0.15) is 21.8 Å². The van der Waals surface area contributed by atoms with Gasteiger partial charge in [-0.15, -0.1) is 22.7 Å². The summed E-state index contributed by atoms with van der Waals surface area (Å²) in [5.74, 6) is -0.106. The van der Waals surface area contributed by atoms with Crippen molar-refractivity contribution in [2.75, 3.05) is 43.9 Å². The molecule has 4 N–H and O–H groups in total. The number of non-ortho nitro benzene ring substituents is 2.